The third kappa shape index (κ3) is 3.33. The fraction of sp³-hybridized carbons (Fsp3) is 0.0952. The molecule has 130 valence electrons. The van der Waals surface area contributed by atoms with E-state index in [-0.39, 0.29) is 11.9 Å². The molecule has 1 unspecified atom stereocenters. The third-order valence-electron chi connectivity index (χ3n) is 4.43. The molecule has 0 fully saturated rings. The van der Waals surface area contributed by atoms with Crippen LogP contribution in [0.5, 0.6) is 0 Å². The highest BCUT2D eigenvalue weighted by atomic mass is 35.5. The minimum Gasteiger partial charge on any atom is -0.257 e. The summed E-state index contributed by atoms with van der Waals surface area (Å²) in [5, 5.41) is 7.99. The molecule has 1 aliphatic heterocycles. The summed E-state index contributed by atoms with van der Waals surface area (Å²) in [6.07, 6.45) is 0.669. The highest BCUT2D eigenvalue weighted by molar-refractivity contribution is 6.35. The standard InChI is InChI=1S/C21H15Cl2FN2/c22-15-8-11-18(19(23)12-15)21-13-20(14-6-9-16(24)10-7-14)25-26(21)17-4-2-1-3-5-17/h1-12,21H,13H2. The average Bonchev–Trinajstić information content (AvgIpc) is 3.08. The molecule has 4 rings (SSSR count). The van der Waals surface area contributed by atoms with Crippen molar-refractivity contribution in [1.82, 2.24) is 0 Å². The maximum atomic E-state index is 13.3. The van der Waals surface area contributed by atoms with E-state index in [9.17, 15) is 4.39 Å². The van der Waals surface area contributed by atoms with E-state index in [4.69, 9.17) is 28.3 Å². The van der Waals surface area contributed by atoms with Gasteiger partial charge in [-0.15, -0.1) is 0 Å². The van der Waals surface area contributed by atoms with Gasteiger partial charge >= 0.3 is 0 Å². The predicted octanol–water partition coefficient (Wildman–Crippen LogP) is 6.49. The van der Waals surface area contributed by atoms with Crippen molar-refractivity contribution in [2.75, 3.05) is 5.01 Å². The molecule has 5 heteroatoms. The molecule has 1 atom stereocenters. The Labute approximate surface area is 161 Å². The Morgan fingerprint density at radius 1 is 0.923 bits per heavy atom. The highest BCUT2D eigenvalue weighted by Gasteiger charge is 2.31. The van der Waals surface area contributed by atoms with Crippen molar-refractivity contribution >= 4 is 34.6 Å². The predicted molar refractivity (Wildman–Crippen MR) is 106 cm³/mol. The number of rotatable bonds is 3. The van der Waals surface area contributed by atoms with E-state index in [0.29, 0.717) is 16.5 Å². The maximum Gasteiger partial charge on any atom is 0.123 e. The van der Waals surface area contributed by atoms with Gasteiger partial charge in [0, 0.05) is 16.5 Å². The summed E-state index contributed by atoms with van der Waals surface area (Å²) in [5.74, 6) is -0.260. The average molecular weight is 385 g/mol. The summed E-state index contributed by atoms with van der Waals surface area (Å²) in [4.78, 5) is 0. The zero-order valence-corrected chi connectivity index (χ0v) is 15.3. The van der Waals surface area contributed by atoms with Gasteiger partial charge in [-0.05, 0) is 47.5 Å². The van der Waals surface area contributed by atoms with E-state index in [1.165, 1.54) is 12.1 Å². The normalized spacial score (nSPS) is 16.7. The van der Waals surface area contributed by atoms with Gasteiger partial charge in [-0.3, -0.25) is 5.01 Å². The van der Waals surface area contributed by atoms with Crippen LogP contribution in [-0.4, -0.2) is 5.71 Å². The molecule has 0 spiro atoms. The van der Waals surface area contributed by atoms with Crippen LogP contribution in [0.1, 0.15) is 23.6 Å². The van der Waals surface area contributed by atoms with Gasteiger partial charge < -0.3 is 0 Å². The summed E-state index contributed by atoms with van der Waals surface area (Å²) in [6.45, 7) is 0. The van der Waals surface area contributed by atoms with Gasteiger partial charge in [-0.25, -0.2) is 4.39 Å². The van der Waals surface area contributed by atoms with Crippen LogP contribution in [-0.2, 0) is 0 Å². The first-order chi connectivity index (χ1) is 12.6. The molecule has 0 aromatic heterocycles. The smallest absolute Gasteiger partial charge is 0.123 e. The van der Waals surface area contributed by atoms with Crippen molar-refractivity contribution in [2.45, 2.75) is 12.5 Å². The van der Waals surface area contributed by atoms with Gasteiger partial charge in [-0.2, -0.15) is 5.10 Å². The van der Waals surface area contributed by atoms with Gasteiger partial charge in [0.1, 0.15) is 5.82 Å². The van der Waals surface area contributed by atoms with Gasteiger partial charge in [0.05, 0.1) is 17.4 Å². The molecule has 2 nitrogen and oxygen atoms in total. The minimum absolute atomic E-state index is 0.0535. The molecule has 3 aromatic carbocycles. The van der Waals surface area contributed by atoms with Gasteiger partial charge in [0.2, 0.25) is 0 Å². The Balaban J connectivity index is 1.77. The van der Waals surface area contributed by atoms with Crippen LogP contribution in [0.2, 0.25) is 10.0 Å². The van der Waals surface area contributed by atoms with Crippen molar-refractivity contribution in [3.8, 4) is 0 Å². The van der Waals surface area contributed by atoms with Crippen LogP contribution in [0.25, 0.3) is 0 Å². The van der Waals surface area contributed by atoms with Crippen LogP contribution >= 0.6 is 23.2 Å². The Bertz CT molecular complexity index is 956. The first-order valence-electron chi connectivity index (χ1n) is 8.24. The lowest BCUT2D eigenvalue weighted by molar-refractivity contribution is 0.627. The fourth-order valence-electron chi connectivity index (χ4n) is 3.16. The zero-order chi connectivity index (χ0) is 18.1. The van der Waals surface area contributed by atoms with Gasteiger partial charge in [-0.1, -0.05) is 59.6 Å². The number of benzene rings is 3. The lowest BCUT2D eigenvalue weighted by Crippen LogP contribution is -2.18. The third-order valence-corrected chi connectivity index (χ3v) is 4.99. The summed E-state index contributed by atoms with van der Waals surface area (Å²) in [5.41, 5.74) is 3.73. The van der Waals surface area contributed by atoms with Crippen molar-refractivity contribution < 1.29 is 4.39 Å². The first-order valence-corrected chi connectivity index (χ1v) is 9.00. The largest absolute Gasteiger partial charge is 0.257 e. The van der Waals surface area contributed by atoms with E-state index >= 15 is 0 Å². The van der Waals surface area contributed by atoms with E-state index in [0.717, 1.165) is 22.5 Å². The number of hydrazone groups is 1. The molecule has 0 N–H and O–H groups in total. The molecule has 1 aliphatic rings. The quantitative estimate of drug-likeness (QED) is 0.503. The molecule has 0 saturated heterocycles. The SMILES string of the molecule is Fc1ccc(C2=NN(c3ccccc3)C(c3ccc(Cl)cc3Cl)C2)cc1. The second-order valence-electron chi connectivity index (χ2n) is 6.12. The molecule has 0 bridgehead atoms. The number of hydrogen-bond donors (Lipinski definition) is 0. The van der Waals surface area contributed by atoms with Gasteiger partial charge in [0.15, 0.2) is 0 Å². The number of anilines is 1. The number of hydrogen-bond acceptors (Lipinski definition) is 2. The lowest BCUT2D eigenvalue weighted by Gasteiger charge is -2.24. The summed E-state index contributed by atoms with van der Waals surface area (Å²) < 4.78 is 13.3. The second-order valence-corrected chi connectivity index (χ2v) is 6.96. The van der Waals surface area contributed by atoms with Crippen molar-refractivity contribution in [3.05, 3.63) is 99.8 Å². The summed E-state index contributed by atoms with van der Waals surface area (Å²) >= 11 is 12.5. The Morgan fingerprint density at radius 3 is 2.35 bits per heavy atom. The van der Waals surface area contributed by atoms with Gasteiger partial charge in [0.25, 0.3) is 0 Å². The Hall–Kier alpha value is -2.36. The number of halogens is 3. The molecule has 0 aliphatic carbocycles. The van der Waals surface area contributed by atoms with Crippen LogP contribution in [0.4, 0.5) is 10.1 Å². The number of nitrogens with zero attached hydrogens (tertiary/aromatic N) is 2. The number of para-hydroxylation sites is 1. The second kappa shape index (κ2) is 7.10. The van der Waals surface area contributed by atoms with Crippen LogP contribution in [0, 0.1) is 5.82 Å². The minimum atomic E-state index is -0.260. The molecule has 0 amide bonds. The van der Waals surface area contributed by atoms with E-state index in [1.807, 2.05) is 47.5 Å². The Morgan fingerprint density at radius 2 is 1.65 bits per heavy atom. The molecule has 3 aromatic rings. The van der Waals surface area contributed by atoms with Crippen LogP contribution in [0.3, 0.4) is 0 Å². The zero-order valence-electron chi connectivity index (χ0n) is 13.7. The first kappa shape index (κ1) is 17.1. The molecular weight excluding hydrogens is 370 g/mol. The summed E-state index contributed by atoms with van der Waals surface area (Å²) in [6, 6.07) is 21.8. The van der Waals surface area contributed by atoms with E-state index in [1.54, 1.807) is 18.2 Å². The van der Waals surface area contributed by atoms with Crippen molar-refractivity contribution in [1.29, 1.82) is 0 Å². The molecule has 0 saturated carbocycles. The molecule has 26 heavy (non-hydrogen) atoms. The summed E-state index contributed by atoms with van der Waals surface area (Å²) in [7, 11) is 0. The lowest BCUT2D eigenvalue weighted by atomic mass is 9.98. The van der Waals surface area contributed by atoms with Crippen molar-refractivity contribution in [2.24, 2.45) is 5.10 Å². The maximum absolute atomic E-state index is 13.3. The topological polar surface area (TPSA) is 15.6 Å². The monoisotopic (exact) mass is 384 g/mol. The molecular formula is C21H15Cl2FN2. The highest BCUT2D eigenvalue weighted by Crippen LogP contribution is 2.39. The van der Waals surface area contributed by atoms with Crippen LogP contribution < -0.4 is 5.01 Å². The Kier molecular flexibility index (Phi) is 4.66. The van der Waals surface area contributed by atoms with E-state index < -0.39 is 0 Å². The molecule has 0 radical (unpaired) electrons. The fourth-order valence-corrected chi connectivity index (χ4v) is 3.69. The molecule has 1 heterocycles. The van der Waals surface area contributed by atoms with E-state index in [2.05, 4.69) is 0 Å². The van der Waals surface area contributed by atoms with Crippen LogP contribution in [0.15, 0.2) is 77.9 Å². The van der Waals surface area contributed by atoms with Crippen molar-refractivity contribution in [3.63, 3.8) is 0 Å².